The molecule has 0 unspecified atom stereocenters. The summed E-state index contributed by atoms with van der Waals surface area (Å²) in [6, 6.07) is 8.94. The van der Waals surface area contributed by atoms with E-state index in [0.29, 0.717) is 38.2 Å². The van der Waals surface area contributed by atoms with Crippen molar-refractivity contribution >= 4 is 22.7 Å². The van der Waals surface area contributed by atoms with Crippen LogP contribution in [0.1, 0.15) is 56.9 Å². The van der Waals surface area contributed by atoms with E-state index in [9.17, 15) is 14.7 Å². The van der Waals surface area contributed by atoms with Gasteiger partial charge >= 0.3 is 0 Å². The number of aryl methyl sites for hydroxylation is 1. The summed E-state index contributed by atoms with van der Waals surface area (Å²) in [5.41, 5.74) is 0.640. The highest BCUT2D eigenvalue weighted by Gasteiger charge is 2.38. The number of aliphatic hydroxyl groups is 1. The van der Waals surface area contributed by atoms with Gasteiger partial charge in [0, 0.05) is 31.4 Å². The van der Waals surface area contributed by atoms with Crippen LogP contribution in [0.3, 0.4) is 0 Å². The lowest BCUT2D eigenvalue weighted by molar-refractivity contribution is -0.135. The predicted octanol–water partition coefficient (Wildman–Crippen LogP) is 2.47. The van der Waals surface area contributed by atoms with Gasteiger partial charge in [0.1, 0.15) is 6.04 Å². The van der Waals surface area contributed by atoms with Crippen LogP contribution in [0.5, 0.6) is 0 Å². The lowest BCUT2D eigenvalue weighted by atomic mass is 9.85. The van der Waals surface area contributed by atoms with E-state index < -0.39 is 17.6 Å². The van der Waals surface area contributed by atoms with Gasteiger partial charge < -0.3 is 15.3 Å². The molecule has 31 heavy (non-hydrogen) atoms. The van der Waals surface area contributed by atoms with Crippen molar-refractivity contribution in [2.24, 2.45) is 5.41 Å². The molecule has 2 N–H and O–H groups in total. The van der Waals surface area contributed by atoms with Crippen molar-refractivity contribution in [1.82, 2.24) is 20.0 Å². The minimum atomic E-state index is -0.732. The molecule has 1 fully saturated rings. The Hall–Kier alpha value is -2.92. The highest BCUT2D eigenvalue weighted by atomic mass is 16.3. The summed E-state index contributed by atoms with van der Waals surface area (Å²) in [7, 11) is 0. The van der Waals surface area contributed by atoms with Crippen molar-refractivity contribution in [2.75, 3.05) is 13.1 Å². The average molecular weight is 426 g/mol. The Bertz CT molecular complexity index is 985. The van der Waals surface area contributed by atoms with Crippen LogP contribution in [0.25, 0.3) is 10.9 Å². The van der Waals surface area contributed by atoms with Crippen LogP contribution in [-0.4, -0.2) is 56.8 Å². The van der Waals surface area contributed by atoms with Crippen molar-refractivity contribution in [3.8, 4) is 6.07 Å². The van der Waals surface area contributed by atoms with E-state index in [1.165, 1.54) is 0 Å². The minimum absolute atomic E-state index is 0.183. The summed E-state index contributed by atoms with van der Waals surface area (Å²) in [5.74, 6) is -0.572. The normalized spacial score (nSPS) is 17.5. The van der Waals surface area contributed by atoms with Gasteiger partial charge in [0.2, 0.25) is 5.91 Å². The number of hydrogen-bond donors (Lipinski definition) is 2. The molecule has 1 aromatic carbocycles. The number of fused-ring (bicyclic) bond motifs is 1. The number of amides is 2. The fraction of sp³-hybridized carbons (Fsp3) is 0.565. The molecule has 0 saturated carbocycles. The van der Waals surface area contributed by atoms with Crippen LogP contribution >= 0.6 is 0 Å². The minimum Gasteiger partial charge on any atom is -0.391 e. The third-order valence-corrected chi connectivity index (χ3v) is 5.64. The number of nitrogens with one attached hydrogen (secondary N) is 1. The van der Waals surface area contributed by atoms with Crippen molar-refractivity contribution in [3.05, 3.63) is 30.0 Å². The number of benzene rings is 1. The third-order valence-electron chi connectivity index (χ3n) is 5.64. The first-order chi connectivity index (χ1) is 14.7. The summed E-state index contributed by atoms with van der Waals surface area (Å²) in [5, 5.41) is 26.7. The van der Waals surface area contributed by atoms with Crippen LogP contribution in [0.4, 0.5) is 0 Å². The number of β-amino-alcohol motifs (C(OH)–C–C–N with tert-alkyl or cyclic N) is 1. The molecular weight excluding hydrogens is 394 g/mol. The van der Waals surface area contributed by atoms with Crippen LogP contribution in [0.15, 0.2) is 24.3 Å². The second-order valence-corrected chi connectivity index (χ2v) is 9.20. The third kappa shape index (κ3) is 5.23. The van der Waals surface area contributed by atoms with Gasteiger partial charge in [-0.3, -0.25) is 14.3 Å². The number of carbonyl (C=O) groups is 2. The second kappa shape index (κ2) is 9.48. The monoisotopic (exact) mass is 425 g/mol. The van der Waals surface area contributed by atoms with Gasteiger partial charge in [-0.05, 0) is 30.7 Å². The van der Waals surface area contributed by atoms with Gasteiger partial charge in [0.05, 0.1) is 17.7 Å². The first-order valence-electron chi connectivity index (χ1n) is 10.8. The average Bonchev–Trinajstić information content (AvgIpc) is 3.32. The molecule has 2 heterocycles. The molecule has 166 valence electrons. The number of para-hydroxylation sites is 1. The molecule has 1 saturated heterocycles. The van der Waals surface area contributed by atoms with Crippen molar-refractivity contribution in [2.45, 2.75) is 65.1 Å². The Balaban J connectivity index is 1.83. The summed E-state index contributed by atoms with van der Waals surface area (Å²) in [6.07, 6.45) is 2.10. The molecule has 1 aliphatic rings. The first kappa shape index (κ1) is 22.8. The number of unbranched alkanes of at least 4 members (excludes halogenated alkanes) is 2. The largest absolute Gasteiger partial charge is 0.391 e. The maximum Gasteiger partial charge on any atom is 0.273 e. The van der Waals surface area contributed by atoms with Gasteiger partial charge in [-0.1, -0.05) is 39.0 Å². The lowest BCUT2D eigenvalue weighted by Gasteiger charge is -2.33. The molecule has 0 radical (unpaired) electrons. The standard InChI is InChI=1S/C23H31N5O3/c1-23(2,3)20(22(31)27-14-11-16(29)15-27)25-21(30)19-17-9-5-6-10-18(17)28(26-19)13-8-4-7-12-24/h5-6,9-10,16,20,29H,4,7-8,11,13-15H2,1-3H3,(H,25,30)/t16-,20-/m1/s1. The van der Waals surface area contributed by atoms with Crippen LogP contribution in [-0.2, 0) is 11.3 Å². The summed E-state index contributed by atoms with van der Waals surface area (Å²) in [4.78, 5) is 28.0. The number of carbonyl (C=O) groups excluding carboxylic acids is 2. The molecule has 1 aromatic heterocycles. The number of hydrogen-bond acceptors (Lipinski definition) is 5. The van der Waals surface area contributed by atoms with Crippen LogP contribution in [0.2, 0.25) is 0 Å². The SMILES string of the molecule is CC(C)(C)[C@H](NC(=O)c1nn(CCCCC#N)c2ccccc12)C(=O)N1CC[C@@H](O)C1. The van der Waals surface area contributed by atoms with E-state index in [1.54, 1.807) is 9.58 Å². The van der Waals surface area contributed by atoms with E-state index >= 15 is 0 Å². The fourth-order valence-corrected chi connectivity index (χ4v) is 3.90. The van der Waals surface area contributed by atoms with Gasteiger partial charge in [-0.15, -0.1) is 0 Å². The van der Waals surface area contributed by atoms with Crippen LogP contribution in [0, 0.1) is 16.7 Å². The second-order valence-electron chi connectivity index (χ2n) is 9.20. The number of rotatable bonds is 7. The molecular formula is C23H31N5O3. The smallest absolute Gasteiger partial charge is 0.273 e. The first-order valence-corrected chi connectivity index (χ1v) is 10.8. The van der Waals surface area contributed by atoms with E-state index in [4.69, 9.17) is 5.26 Å². The Labute approximate surface area is 182 Å². The Morgan fingerprint density at radius 1 is 1.32 bits per heavy atom. The molecule has 8 heteroatoms. The van der Waals surface area contributed by atoms with Gasteiger partial charge in [-0.2, -0.15) is 10.4 Å². The maximum absolute atomic E-state index is 13.2. The van der Waals surface area contributed by atoms with Gasteiger partial charge in [0.15, 0.2) is 5.69 Å². The Kier molecular flexibility index (Phi) is 6.96. The molecule has 8 nitrogen and oxygen atoms in total. The highest BCUT2D eigenvalue weighted by Crippen LogP contribution is 2.25. The molecule has 0 aliphatic carbocycles. The van der Waals surface area contributed by atoms with E-state index in [0.717, 1.165) is 23.7 Å². The predicted molar refractivity (Wildman–Crippen MR) is 117 cm³/mol. The quantitative estimate of drug-likeness (QED) is 0.662. The summed E-state index contributed by atoms with van der Waals surface area (Å²) < 4.78 is 1.80. The molecule has 0 bridgehead atoms. The van der Waals surface area contributed by atoms with Crippen molar-refractivity contribution in [1.29, 1.82) is 5.26 Å². The fourth-order valence-electron chi connectivity index (χ4n) is 3.90. The zero-order chi connectivity index (χ0) is 22.6. The summed E-state index contributed by atoms with van der Waals surface area (Å²) in [6.45, 7) is 7.13. The number of aromatic nitrogens is 2. The van der Waals surface area contributed by atoms with E-state index in [2.05, 4.69) is 16.5 Å². The highest BCUT2D eigenvalue weighted by molar-refractivity contribution is 6.06. The van der Waals surface area contributed by atoms with Crippen molar-refractivity contribution < 1.29 is 14.7 Å². The zero-order valence-electron chi connectivity index (χ0n) is 18.5. The Morgan fingerprint density at radius 3 is 2.71 bits per heavy atom. The molecule has 2 atom stereocenters. The number of nitriles is 1. The number of nitrogens with zero attached hydrogens (tertiary/aromatic N) is 4. The van der Waals surface area contributed by atoms with E-state index in [-0.39, 0.29) is 11.8 Å². The van der Waals surface area contributed by atoms with Crippen LogP contribution < -0.4 is 5.32 Å². The van der Waals surface area contributed by atoms with Crippen molar-refractivity contribution in [3.63, 3.8) is 0 Å². The molecule has 3 rings (SSSR count). The van der Waals surface area contributed by atoms with E-state index in [1.807, 2.05) is 45.0 Å². The van der Waals surface area contributed by atoms with Gasteiger partial charge in [-0.25, -0.2) is 0 Å². The molecule has 2 amide bonds. The number of likely N-dealkylation sites (tertiary alicyclic amines) is 1. The molecule has 2 aromatic rings. The summed E-state index contributed by atoms with van der Waals surface area (Å²) >= 11 is 0. The zero-order valence-corrected chi connectivity index (χ0v) is 18.5. The number of aliphatic hydroxyl groups excluding tert-OH is 1. The molecule has 0 spiro atoms. The molecule has 1 aliphatic heterocycles. The topological polar surface area (TPSA) is 111 Å². The lowest BCUT2D eigenvalue weighted by Crippen LogP contribution is -2.54. The maximum atomic E-state index is 13.2. The Morgan fingerprint density at radius 2 is 2.06 bits per heavy atom. The van der Waals surface area contributed by atoms with Gasteiger partial charge in [0.25, 0.3) is 5.91 Å².